The number of H-pyrrole nitrogens is 1. The second kappa shape index (κ2) is 6.00. The molecule has 1 saturated carbocycles. The van der Waals surface area contributed by atoms with Gasteiger partial charge in [-0.1, -0.05) is 0 Å². The number of fused-ring (bicyclic) bond motifs is 2. The molecule has 0 saturated heterocycles. The molecular weight excluding hydrogens is 361 g/mol. The highest BCUT2D eigenvalue weighted by molar-refractivity contribution is 6.01. The normalized spacial score (nSPS) is 19.6. The van der Waals surface area contributed by atoms with Gasteiger partial charge in [0.05, 0.1) is 45.9 Å². The van der Waals surface area contributed by atoms with E-state index in [1.165, 1.54) is 6.07 Å². The molecule has 28 heavy (non-hydrogen) atoms. The maximum Gasteiger partial charge on any atom is 0.253 e. The van der Waals surface area contributed by atoms with Gasteiger partial charge in [0, 0.05) is 6.04 Å². The summed E-state index contributed by atoms with van der Waals surface area (Å²) in [5.74, 6) is -0.0837. The van der Waals surface area contributed by atoms with Crippen molar-refractivity contribution in [3.05, 3.63) is 41.0 Å². The number of nitrogens with one attached hydrogen (secondary N) is 3. The Bertz CT molecular complexity index is 1120. The van der Waals surface area contributed by atoms with Crippen molar-refractivity contribution in [1.29, 1.82) is 0 Å². The van der Waals surface area contributed by atoms with E-state index in [0.717, 1.165) is 18.5 Å². The van der Waals surface area contributed by atoms with Crippen LogP contribution in [-0.4, -0.2) is 38.1 Å². The number of carbonyl (C=O) groups excluding carboxylic acids is 1. The lowest BCUT2D eigenvalue weighted by molar-refractivity contribution is 0.0899. The van der Waals surface area contributed by atoms with Crippen LogP contribution in [0.25, 0.3) is 22.3 Å². The number of aromatic nitrogens is 3. The number of hydrogen-bond donors (Lipinski definition) is 4. The third-order valence-electron chi connectivity index (χ3n) is 5.32. The lowest BCUT2D eigenvalue weighted by Crippen LogP contribution is -2.28. The third kappa shape index (κ3) is 2.63. The molecule has 2 aliphatic rings. The zero-order chi connectivity index (χ0) is 19.6. The number of anilines is 1. The van der Waals surface area contributed by atoms with Crippen molar-refractivity contribution in [3.63, 3.8) is 0 Å². The number of benzene rings is 1. The number of rotatable bonds is 4. The van der Waals surface area contributed by atoms with Gasteiger partial charge >= 0.3 is 0 Å². The van der Waals surface area contributed by atoms with Gasteiger partial charge in [-0.3, -0.25) is 4.79 Å². The molecule has 2 aromatic heterocycles. The van der Waals surface area contributed by atoms with Gasteiger partial charge in [0.15, 0.2) is 0 Å². The van der Waals surface area contributed by atoms with Crippen molar-refractivity contribution in [2.45, 2.75) is 44.9 Å². The van der Waals surface area contributed by atoms with Gasteiger partial charge < -0.3 is 20.7 Å². The average molecular weight is 381 g/mol. The molecule has 0 spiro atoms. The van der Waals surface area contributed by atoms with Crippen molar-refractivity contribution in [3.8, 4) is 11.3 Å². The topological polar surface area (TPSA) is 103 Å². The van der Waals surface area contributed by atoms with Crippen LogP contribution in [0.3, 0.4) is 0 Å². The number of hydrogen-bond acceptors (Lipinski definition) is 5. The minimum atomic E-state index is -0.772. The predicted molar refractivity (Wildman–Crippen MR) is 103 cm³/mol. The van der Waals surface area contributed by atoms with Crippen LogP contribution in [0.4, 0.5) is 10.2 Å². The van der Waals surface area contributed by atoms with Crippen LogP contribution in [0.5, 0.6) is 0 Å². The second-order valence-corrected chi connectivity index (χ2v) is 7.57. The number of aliphatic hydroxyl groups is 1. The van der Waals surface area contributed by atoms with E-state index < -0.39 is 18.0 Å². The van der Waals surface area contributed by atoms with Gasteiger partial charge in [-0.2, -0.15) is 0 Å². The lowest BCUT2D eigenvalue weighted by Gasteiger charge is -2.14. The van der Waals surface area contributed by atoms with E-state index in [4.69, 9.17) is 0 Å². The second-order valence-electron chi connectivity index (χ2n) is 7.57. The van der Waals surface area contributed by atoms with Crippen molar-refractivity contribution >= 4 is 22.8 Å². The number of amides is 1. The summed E-state index contributed by atoms with van der Waals surface area (Å²) in [5, 5.41) is 16.0. The SMILES string of the molecule is Cc1nc2ccc(F)c(-c3cc4c([nH]3)[C@H]([C@@H](C)O)NC4=O)c2nc1NC1CC1. The number of halogens is 1. The zero-order valence-corrected chi connectivity index (χ0v) is 15.5. The summed E-state index contributed by atoms with van der Waals surface area (Å²) in [6, 6.07) is 4.43. The summed E-state index contributed by atoms with van der Waals surface area (Å²) in [4.78, 5) is 24.6. The molecule has 1 aliphatic heterocycles. The standard InChI is InChI=1S/C20H20FN5O2/c1-8-19(23-10-3-4-10)25-18-13(22-8)6-5-12(21)15(18)14-7-11-17(24-14)16(9(2)27)26-20(11)28/h5-7,9-10,16,24,27H,3-4H2,1-2H3,(H,23,25)(H,26,28)/t9-,16+/m1/s1. The van der Waals surface area contributed by atoms with Gasteiger partial charge in [0.25, 0.3) is 5.91 Å². The first-order valence-electron chi connectivity index (χ1n) is 9.38. The van der Waals surface area contributed by atoms with Gasteiger partial charge in [0.1, 0.15) is 17.2 Å². The Hall–Kier alpha value is -3.00. The van der Waals surface area contributed by atoms with Crippen molar-refractivity contribution in [1.82, 2.24) is 20.3 Å². The molecule has 5 rings (SSSR count). The van der Waals surface area contributed by atoms with Crippen molar-refractivity contribution in [2.24, 2.45) is 0 Å². The zero-order valence-electron chi connectivity index (χ0n) is 15.5. The summed E-state index contributed by atoms with van der Waals surface area (Å²) in [5.41, 5.74) is 3.47. The first-order chi connectivity index (χ1) is 13.4. The fourth-order valence-electron chi connectivity index (χ4n) is 3.69. The van der Waals surface area contributed by atoms with E-state index in [1.807, 2.05) is 6.92 Å². The molecule has 1 aliphatic carbocycles. The highest BCUT2D eigenvalue weighted by Gasteiger charge is 2.34. The molecule has 0 radical (unpaired) electrons. The highest BCUT2D eigenvalue weighted by atomic mass is 19.1. The third-order valence-corrected chi connectivity index (χ3v) is 5.32. The molecule has 2 atom stereocenters. The fourth-order valence-corrected chi connectivity index (χ4v) is 3.69. The molecule has 8 heteroatoms. The Morgan fingerprint density at radius 3 is 2.82 bits per heavy atom. The molecule has 4 N–H and O–H groups in total. The maximum atomic E-state index is 14.9. The van der Waals surface area contributed by atoms with E-state index in [9.17, 15) is 14.3 Å². The molecule has 144 valence electrons. The largest absolute Gasteiger partial charge is 0.391 e. The summed E-state index contributed by atoms with van der Waals surface area (Å²) in [7, 11) is 0. The molecule has 3 aromatic rings. The summed E-state index contributed by atoms with van der Waals surface area (Å²) in [6.45, 7) is 3.48. The monoisotopic (exact) mass is 381 g/mol. The van der Waals surface area contributed by atoms with Gasteiger partial charge in [-0.25, -0.2) is 14.4 Å². The summed E-state index contributed by atoms with van der Waals surface area (Å²) in [6.07, 6.45) is 1.41. The number of aromatic amines is 1. The van der Waals surface area contributed by atoms with Gasteiger partial charge in [-0.05, 0) is 44.9 Å². The highest BCUT2D eigenvalue weighted by Crippen LogP contribution is 2.36. The first kappa shape index (κ1) is 17.1. The van der Waals surface area contributed by atoms with E-state index in [-0.39, 0.29) is 11.5 Å². The number of nitrogens with zero attached hydrogens (tertiary/aromatic N) is 2. The van der Waals surface area contributed by atoms with E-state index in [1.54, 1.807) is 19.1 Å². The molecule has 0 bridgehead atoms. The Labute approximate surface area is 160 Å². The molecule has 1 aromatic carbocycles. The van der Waals surface area contributed by atoms with Crippen LogP contribution in [0, 0.1) is 12.7 Å². The van der Waals surface area contributed by atoms with E-state index in [2.05, 4.69) is 25.6 Å². The van der Waals surface area contributed by atoms with Crippen LogP contribution < -0.4 is 10.6 Å². The lowest BCUT2D eigenvalue weighted by atomic mass is 10.1. The number of aryl methyl sites for hydroxylation is 1. The number of aliphatic hydroxyl groups excluding tert-OH is 1. The predicted octanol–water partition coefficient (Wildman–Crippen LogP) is 2.81. The van der Waals surface area contributed by atoms with Crippen molar-refractivity contribution in [2.75, 3.05) is 5.32 Å². The maximum absolute atomic E-state index is 14.9. The van der Waals surface area contributed by atoms with Crippen LogP contribution in [0.15, 0.2) is 18.2 Å². The smallest absolute Gasteiger partial charge is 0.253 e. The molecule has 3 heterocycles. The minimum absolute atomic E-state index is 0.274. The van der Waals surface area contributed by atoms with E-state index in [0.29, 0.717) is 39.8 Å². The van der Waals surface area contributed by atoms with Crippen LogP contribution in [0.2, 0.25) is 0 Å². The van der Waals surface area contributed by atoms with E-state index >= 15 is 0 Å². The molecular formula is C20H20FN5O2. The first-order valence-corrected chi connectivity index (χ1v) is 9.38. The van der Waals surface area contributed by atoms with Crippen LogP contribution >= 0.6 is 0 Å². The molecule has 7 nitrogen and oxygen atoms in total. The Kier molecular flexibility index (Phi) is 3.67. The Balaban J connectivity index is 1.68. The summed E-state index contributed by atoms with van der Waals surface area (Å²) >= 11 is 0. The molecule has 1 amide bonds. The number of carbonyl (C=O) groups is 1. The van der Waals surface area contributed by atoms with Gasteiger partial charge in [-0.15, -0.1) is 0 Å². The van der Waals surface area contributed by atoms with Crippen molar-refractivity contribution < 1.29 is 14.3 Å². The Morgan fingerprint density at radius 1 is 1.32 bits per heavy atom. The quantitative estimate of drug-likeness (QED) is 0.557. The Morgan fingerprint density at radius 2 is 2.11 bits per heavy atom. The molecule has 1 fully saturated rings. The van der Waals surface area contributed by atoms with Crippen LogP contribution in [0.1, 0.15) is 47.6 Å². The molecule has 0 unspecified atom stereocenters. The average Bonchev–Trinajstić information content (AvgIpc) is 3.27. The fraction of sp³-hybridized carbons (Fsp3) is 0.350. The van der Waals surface area contributed by atoms with Gasteiger partial charge in [0.2, 0.25) is 0 Å². The minimum Gasteiger partial charge on any atom is -0.391 e. The summed E-state index contributed by atoms with van der Waals surface area (Å²) < 4.78 is 14.9. The van der Waals surface area contributed by atoms with Crippen LogP contribution in [-0.2, 0) is 0 Å².